The third-order valence-electron chi connectivity index (χ3n) is 22.8. The van der Waals surface area contributed by atoms with Gasteiger partial charge in [-0.25, -0.2) is 39.5 Å². The van der Waals surface area contributed by atoms with Gasteiger partial charge in [0.15, 0.2) is 69.8 Å². The lowest BCUT2D eigenvalue weighted by atomic mass is 9.75. The van der Waals surface area contributed by atoms with E-state index in [9.17, 15) is 51.8 Å². The van der Waals surface area contributed by atoms with E-state index in [1.165, 1.54) is 93.5 Å². The molecule has 9 aromatic rings. The van der Waals surface area contributed by atoms with Crippen LogP contribution in [0.4, 0.5) is 62.3 Å². The van der Waals surface area contributed by atoms with Crippen molar-refractivity contribution in [1.82, 2.24) is 19.6 Å². The van der Waals surface area contributed by atoms with Crippen LogP contribution in [0, 0.1) is 105 Å². The number of rotatable bonds is 4. The fraction of sp³-hybridized carbons (Fsp3) is 0.233. The summed E-state index contributed by atoms with van der Waals surface area (Å²) < 4.78 is 139. The fourth-order valence-electron chi connectivity index (χ4n) is 17.4. The van der Waals surface area contributed by atoms with Crippen LogP contribution in [0.5, 0.6) is 5.75 Å². The Morgan fingerprint density at radius 3 is 1.22 bits per heavy atom. The Morgan fingerprint density at radius 2 is 0.823 bits per heavy atom. The number of nitriles is 4. The number of halogens is 9. The molecule has 0 radical (unpaired) electrons. The minimum atomic E-state index is -2.36. The van der Waals surface area contributed by atoms with E-state index in [0.29, 0.717) is 6.73 Å². The van der Waals surface area contributed by atoms with Crippen LogP contribution < -0.4 is 28.9 Å². The molecule has 9 aliphatic rings. The average Bonchev–Trinajstić information content (AvgIpc) is 1.51. The Morgan fingerprint density at radius 1 is 0.442 bits per heavy atom. The Kier molecular flexibility index (Phi) is 20.7. The summed E-state index contributed by atoms with van der Waals surface area (Å²) in [6.45, 7) is 3.65. The van der Waals surface area contributed by atoms with Crippen LogP contribution in [0.2, 0.25) is 0 Å². The lowest BCUT2D eigenvalue weighted by molar-refractivity contribution is -0.688. The highest BCUT2D eigenvalue weighted by Gasteiger charge is 2.67. The number of hydrogen-bond acceptors (Lipinski definition) is 13. The highest BCUT2D eigenvalue weighted by atomic mass is 19.2. The third kappa shape index (κ3) is 12.0. The zero-order valence-electron chi connectivity index (χ0n) is 61.9. The maximum Gasteiger partial charge on any atom is 0.293 e. The van der Waals surface area contributed by atoms with Crippen LogP contribution in [-0.2, 0) is 6.73 Å². The fourth-order valence-corrected chi connectivity index (χ4v) is 17.4. The Bertz CT molecular complexity index is 5420. The van der Waals surface area contributed by atoms with Crippen molar-refractivity contribution in [2.24, 2.45) is 0 Å². The summed E-state index contributed by atoms with van der Waals surface area (Å²) in [7, 11) is 17.5. The molecule has 1 fully saturated rings. The monoisotopic (exact) mass is 1530 g/mol. The molecule has 0 saturated heterocycles. The smallest absolute Gasteiger partial charge is 0.293 e. The van der Waals surface area contributed by atoms with Gasteiger partial charge in [0.1, 0.15) is 35.4 Å². The largest absolute Gasteiger partial charge is 0.429 e. The summed E-state index contributed by atoms with van der Waals surface area (Å²) in [5, 5.41) is 40.9. The standard InChI is InChI=1S/C39H11F9N4.C22H28N4.C17H24N4.C10H8NO.2CH4/c1-14-31(40)33(42)29(34(43)32(14)41)15-2-4-19-21-8-26-22(9-25(21)27(23(19)6-15)17(10-49)11-50)20-5-3-16(7-24(20)28(26)18(12-51)13-52)30-35(44)37(46)39(48)38(47)36(30)45;1-23-17-11-5-6-12-18(17)24(2)21(23)15-9-10-16-22(21)25(3)19-13-7-8-14-20(19)26(22)4;1-18(2)14-6-10-20-8-5-9-21-11-7-15(19(3)4)13-17(21)16(20)12-14;1-3-8-4-2-6-11-7-12-9(5-1)10(8)11;;/h2-9H,1H3;5-8,11-14H,9-10,15-16H2,1-4H3;6-7,10-13H,5,8-9H2,1-4H3;1-6H,7H2;2*1H4/q;;;+1;;. The van der Waals surface area contributed by atoms with Crippen LogP contribution >= 0.6 is 0 Å². The molecule has 0 N–H and O–H groups in total. The van der Waals surface area contributed by atoms with Gasteiger partial charge in [-0.2, -0.15) is 25.6 Å². The first-order valence-corrected chi connectivity index (χ1v) is 35.9. The quantitative estimate of drug-likeness (QED) is 0.0544. The molecule has 2 spiro atoms. The first kappa shape index (κ1) is 78.0. The molecule has 6 aliphatic heterocycles. The molecule has 14 nitrogen and oxygen atoms in total. The Hall–Kier alpha value is -13.1. The summed E-state index contributed by atoms with van der Waals surface area (Å²) in [6, 6.07) is 44.9. The maximum atomic E-state index is 15.1. The summed E-state index contributed by atoms with van der Waals surface area (Å²) in [6.07, 6.45) is 21.4. The van der Waals surface area contributed by atoms with Crippen molar-refractivity contribution >= 4 is 44.8 Å². The van der Waals surface area contributed by atoms with Gasteiger partial charge >= 0.3 is 0 Å². The van der Waals surface area contributed by atoms with Crippen molar-refractivity contribution in [1.29, 1.82) is 21.0 Å². The van der Waals surface area contributed by atoms with Gasteiger partial charge in [-0.15, -0.1) is 0 Å². The second-order valence-corrected chi connectivity index (χ2v) is 28.7. The second-order valence-electron chi connectivity index (χ2n) is 28.7. The highest BCUT2D eigenvalue weighted by Crippen LogP contribution is 2.61. The molecule has 0 unspecified atom stereocenters. The molecule has 572 valence electrons. The second kappa shape index (κ2) is 29.9. The lowest BCUT2D eigenvalue weighted by Crippen LogP contribution is -2.79. The Labute approximate surface area is 651 Å². The van der Waals surface area contributed by atoms with E-state index >= 15 is 8.78 Å². The number of anilines is 4. The van der Waals surface area contributed by atoms with Gasteiger partial charge < -0.3 is 43.9 Å². The zero-order chi connectivity index (χ0) is 78.5. The molecule has 3 aliphatic carbocycles. The summed E-state index contributed by atoms with van der Waals surface area (Å²) in [5.41, 5.74) is 7.93. The number of pyridine rings is 1. The normalized spacial score (nSPS) is 15.8. The molecule has 0 atom stereocenters. The molecular formula is C90H79F9N13O+. The highest BCUT2D eigenvalue weighted by molar-refractivity contribution is 6.12. The van der Waals surface area contributed by atoms with E-state index in [1.807, 2.05) is 24.4 Å². The number of likely N-dealkylation sites (N-methyl/N-ethyl adjacent to an activating group) is 6. The van der Waals surface area contributed by atoms with Crippen molar-refractivity contribution in [3.63, 3.8) is 0 Å². The molecule has 8 aromatic carbocycles. The van der Waals surface area contributed by atoms with Crippen LogP contribution in [0.15, 0.2) is 204 Å². The van der Waals surface area contributed by atoms with E-state index in [1.54, 1.807) is 24.3 Å². The molecule has 7 heterocycles. The van der Waals surface area contributed by atoms with Crippen LogP contribution in [0.1, 0.15) is 74.8 Å². The number of fused-ring (bicyclic) bond motifs is 11. The summed E-state index contributed by atoms with van der Waals surface area (Å²) in [4.78, 5) is 19.3. The Balaban J connectivity index is 0.000000150. The van der Waals surface area contributed by atoms with Crippen molar-refractivity contribution in [2.75, 3.05) is 89.1 Å². The zero-order valence-corrected chi connectivity index (χ0v) is 61.9. The number of hydrogen-bond donors (Lipinski definition) is 0. The van der Waals surface area contributed by atoms with Gasteiger partial charge in [-0.3, -0.25) is 0 Å². The SMILES string of the molecule is C.C.CN(C)C1=CC2=C3C=C(N(C)C)C=CN3CCCN2C=C1.CN1c2ccccc2N(C)C12CCCCC21N(C)c2ccccc2N1C.Cc1c(F)c(F)c(-c2ccc3c(c2)C(=C(C#N)C#N)c2cc4c(cc2-3)C(=C(C#N)C#N)c2cc(-c3c(F)c(F)c(F)c(F)c3F)ccc2-4)c(F)c1F.c1cc2c3c(c1)ccc[n+]3CO2. The molecule has 1 aromatic heterocycles. The topological polar surface area (TPSA) is 134 Å². The molecule has 18 rings (SSSR count). The minimum absolute atomic E-state index is 0. The first-order chi connectivity index (χ1) is 53.4. The van der Waals surface area contributed by atoms with Crippen molar-refractivity contribution in [2.45, 2.75) is 71.9 Å². The van der Waals surface area contributed by atoms with E-state index in [2.05, 4.69) is 198 Å². The van der Waals surface area contributed by atoms with Gasteiger partial charge in [0.25, 0.3) is 12.2 Å². The minimum Gasteiger partial charge on any atom is -0.429 e. The number of para-hydroxylation sites is 5. The predicted octanol–water partition coefficient (Wildman–Crippen LogP) is 19.3. The van der Waals surface area contributed by atoms with Gasteiger partial charge in [0.2, 0.25) is 5.82 Å². The van der Waals surface area contributed by atoms with Crippen molar-refractivity contribution in [3.8, 4) is 74.5 Å². The maximum absolute atomic E-state index is 15.1. The van der Waals surface area contributed by atoms with E-state index in [4.69, 9.17) is 4.74 Å². The molecular weight excluding hydrogens is 1450 g/mol. The van der Waals surface area contributed by atoms with Gasteiger partial charge in [-0.05, 0) is 186 Å². The molecule has 113 heavy (non-hydrogen) atoms. The van der Waals surface area contributed by atoms with E-state index < -0.39 is 85.8 Å². The number of allylic oxidation sites excluding steroid dienone is 6. The first-order valence-electron chi connectivity index (χ1n) is 35.9. The molecule has 23 heteroatoms. The number of nitrogens with zero attached hydrogens (tertiary/aromatic N) is 13. The van der Waals surface area contributed by atoms with Crippen molar-refractivity contribution < 1.29 is 48.8 Å². The summed E-state index contributed by atoms with van der Waals surface area (Å²) >= 11 is 0. The molecule has 0 amide bonds. The van der Waals surface area contributed by atoms with Gasteiger partial charge in [-0.1, -0.05) is 69.5 Å². The number of benzene rings is 8. The van der Waals surface area contributed by atoms with Crippen LogP contribution in [-0.4, -0.2) is 100 Å². The van der Waals surface area contributed by atoms with Crippen molar-refractivity contribution in [3.05, 3.63) is 284 Å². The molecule has 0 bridgehead atoms. The van der Waals surface area contributed by atoms with Crippen LogP contribution in [0.3, 0.4) is 0 Å². The average molecular weight is 1530 g/mol. The lowest BCUT2D eigenvalue weighted by Gasteiger charge is -2.62. The van der Waals surface area contributed by atoms with Crippen LogP contribution in [0.25, 0.3) is 66.6 Å². The summed E-state index contributed by atoms with van der Waals surface area (Å²) in [5.74, 6) is -16.5. The predicted molar refractivity (Wildman–Crippen MR) is 423 cm³/mol. The van der Waals surface area contributed by atoms with E-state index in [-0.39, 0.29) is 87.4 Å². The van der Waals surface area contributed by atoms with Gasteiger partial charge in [0, 0.05) is 116 Å². The van der Waals surface area contributed by atoms with Gasteiger partial charge in [0.05, 0.1) is 50.7 Å². The molecule has 1 saturated carbocycles. The third-order valence-corrected chi connectivity index (χ3v) is 22.8. The number of ether oxygens (including phenoxy) is 1. The number of aromatic nitrogens is 1. The van der Waals surface area contributed by atoms with E-state index in [0.717, 1.165) is 69.3 Å².